The first kappa shape index (κ1) is 15.3. The van der Waals surface area contributed by atoms with Crippen molar-refractivity contribution >= 4 is 11.9 Å². The normalized spacial score (nSPS) is 12.3. The molecule has 5 heteroatoms. The molecule has 1 aromatic rings. The molecule has 0 aromatic carbocycles. The number of furan rings is 1. The zero-order chi connectivity index (χ0) is 14.6. The number of aryl methyl sites for hydroxylation is 2. The highest BCUT2D eigenvalue weighted by Crippen LogP contribution is 2.14. The highest BCUT2D eigenvalue weighted by atomic mass is 16.5. The first-order valence-corrected chi connectivity index (χ1v) is 6.30. The van der Waals surface area contributed by atoms with Crippen LogP contribution in [0.5, 0.6) is 0 Å². The van der Waals surface area contributed by atoms with Gasteiger partial charge in [0.2, 0.25) is 0 Å². The topological polar surface area (TPSA) is 68.5 Å². The van der Waals surface area contributed by atoms with Gasteiger partial charge >= 0.3 is 5.97 Å². The average Bonchev–Trinajstić information content (AvgIpc) is 2.66. The Hall–Kier alpha value is -1.78. The predicted octanol–water partition coefficient (Wildman–Crippen LogP) is 2.21. The number of hydrogen-bond donors (Lipinski definition) is 1. The molecule has 1 aromatic heterocycles. The number of carbonyl (C=O) groups excluding carboxylic acids is 2. The zero-order valence-electron chi connectivity index (χ0n) is 12.1. The SMILES string of the molecule is COC(=O)[C@H](CC(C)C)NC(=O)c1cc(C)oc1C. The van der Waals surface area contributed by atoms with E-state index in [1.807, 2.05) is 13.8 Å². The van der Waals surface area contributed by atoms with Gasteiger partial charge in [0.05, 0.1) is 12.7 Å². The molecule has 1 atom stereocenters. The molecule has 0 aliphatic rings. The minimum atomic E-state index is -0.632. The Bertz CT molecular complexity index is 462. The van der Waals surface area contributed by atoms with Crippen LogP contribution in [0.25, 0.3) is 0 Å². The lowest BCUT2D eigenvalue weighted by Gasteiger charge is -2.18. The van der Waals surface area contributed by atoms with Gasteiger partial charge in [-0.15, -0.1) is 0 Å². The third-order valence-electron chi connectivity index (χ3n) is 2.78. The van der Waals surface area contributed by atoms with Crippen molar-refractivity contribution in [1.82, 2.24) is 5.32 Å². The summed E-state index contributed by atoms with van der Waals surface area (Å²) in [7, 11) is 1.31. The number of nitrogens with one attached hydrogen (secondary N) is 1. The second-order valence-electron chi connectivity index (χ2n) is 5.01. The van der Waals surface area contributed by atoms with Crippen molar-refractivity contribution in [3.8, 4) is 0 Å². The Morgan fingerprint density at radius 3 is 2.42 bits per heavy atom. The number of hydrogen-bond acceptors (Lipinski definition) is 4. The summed E-state index contributed by atoms with van der Waals surface area (Å²) in [5, 5.41) is 2.70. The number of rotatable bonds is 5. The van der Waals surface area contributed by atoms with Crippen LogP contribution in [-0.2, 0) is 9.53 Å². The molecule has 5 nitrogen and oxygen atoms in total. The van der Waals surface area contributed by atoms with Crippen molar-refractivity contribution in [3.63, 3.8) is 0 Å². The van der Waals surface area contributed by atoms with E-state index < -0.39 is 12.0 Å². The van der Waals surface area contributed by atoms with Crippen LogP contribution < -0.4 is 5.32 Å². The molecule has 0 radical (unpaired) electrons. The van der Waals surface area contributed by atoms with E-state index in [0.717, 1.165) is 0 Å². The van der Waals surface area contributed by atoms with Crippen molar-refractivity contribution in [1.29, 1.82) is 0 Å². The lowest BCUT2D eigenvalue weighted by Crippen LogP contribution is -2.42. The highest BCUT2D eigenvalue weighted by Gasteiger charge is 2.24. The molecule has 1 heterocycles. The Morgan fingerprint density at radius 1 is 1.37 bits per heavy atom. The van der Waals surface area contributed by atoms with Crippen LogP contribution in [0.4, 0.5) is 0 Å². The number of amides is 1. The molecule has 106 valence electrons. The fourth-order valence-electron chi connectivity index (χ4n) is 1.92. The van der Waals surface area contributed by atoms with Crippen LogP contribution in [0.2, 0.25) is 0 Å². The maximum atomic E-state index is 12.1. The molecule has 0 saturated carbocycles. The molecule has 0 fully saturated rings. The summed E-state index contributed by atoms with van der Waals surface area (Å²) in [6, 6.07) is 1.03. The highest BCUT2D eigenvalue weighted by molar-refractivity contribution is 5.97. The van der Waals surface area contributed by atoms with E-state index in [2.05, 4.69) is 5.32 Å². The van der Waals surface area contributed by atoms with Gasteiger partial charge in [-0.25, -0.2) is 4.79 Å². The smallest absolute Gasteiger partial charge is 0.328 e. The van der Waals surface area contributed by atoms with E-state index >= 15 is 0 Å². The van der Waals surface area contributed by atoms with Crippen LogP contribution >= 0.6 is 0 Å². The van der Waals surface area contributed by atoms with Crippen LogP contribution in [0, 0.1) is 19.8 Å². The van der Waals surface area contributed by atoms with Gasteiger partial charge in [-0.2, -0.15) is 0 Å². The maximum absolute atomic E-state index is 12.1. The van der Waals surface area contributed by atoms with E-state index in [9.17, 15) is 9.59 Å². The fourth-order valence-corrected chi connectivity index (χ4v) is 1.92. The second kappa shape index (κ2) is 6.41. The first-order chi connectivity index (χ1) is 8.85. The average molecular weight is 267 g/mol. The Kier molecular flexibility index (Phi) is 5.15. The quantitative estimate of drug-likeness (QED) is 0.830. The van der Waals surface area contributed by atoms with Crippen LogP contribution in [0.1, 0.15) is 42.1 Å². The molecule has 19 heavy (non-hydrogen) atoms. The third-order valence-corrected chi connectivity index (χ3v) is 2.78. The molecule has 1 rings (SSSR count). The molecule has 0 aliphatic carbocycles. The molecule has 0 spiro atoms. The third kappa shape index (κ3) is 4.12. The summed E-state index contributed by atoms with van der Waals surface area (Å²) in [6.07, 6.45) is 0.536. The summed E-state index contributed by atoms with van der Waals surface area (Å²) < 4.78 is 10.0. The van der Waals surface area contributed by atoms with E-state index in [1.165, 1.54) is 7.11 Å². The standard InChI is InChI=1S/C14H21NO4/c1-8(2)6-12(14(17)18-5)15-13(16)11-7-9(3)19-10(11)4/h7-8,12H,6H2,1-5H3,(H,15,16)/t12-/m0/s1. The molecular formula is C14H21NO4. The van der Waals surface area contributed by atoms with Gasteiger partial charge in [0.25, 0.3) is 5.91 Å². The van der Waals surface area contributed by atoms with Crippen molar-refractivity contribution in [3.05, 3.63) is 23.2 Å². The van der Waals surface area contributed by atoms with Gasteiger partial charge in [-0.1, -0.05) is 13.8 Å². The van der Waals surface area contributed by atoms with Gasteiger partial charge in [0.15, 0.2) is 0 Å². The van der Waals surface area contributed by atoms with Crippen LogP contribution in [-0.4, -0.2) is 25.0 Å². The Morgan fingerprint density at radius 2 is 2.00 bits per heavy atom. The summed E-state index contributed by atoms with van der Waals surface area (Å²) >= 11 is 0. The minimum absolute atomic E-state index is 0.275. The largest absolute Gasteiger partial charge is 0.467 e. The van der Waals surface area contributed by atoms with Gasteiger partial charge in [-0.3, -0.25) is 4.79 Å². The van der Waals surface area contributed by atoms with Gasteiger partial charge in [-0.05, 0) is 32.3 Å². The number of ether oxygens (including phenoxy) is 1. The van der Waals surface area contributed by atoms with E-state index in [-0.39, 0.29) is 11.8 Å². The van der Waals surface area contributed by atoms with E-state index in [1.54, 1.807) is 19.9 Å². The van der Waals surface area contributed by atoms with E-state index in [0.29, 0.717) is 23.5 Å². The number of esters is 1. The van der Waals surface area contributed by atoms with Crippen molar-refractivity contribution in [2.75, 3.05) is 7.11 Å². The Balaban J connectivity index is 2.81. The number of methoxy groups -OCH3 is 1. The first-order valence-electron chi connectivity index (χ1n) is 6.30. The number of carbonyl (C=O) groups is 2. The zero-order valence-corrected chi connectivity index (χ0v) is 12.1. The van der Waals surface area contributed by atoms with Crippen LogP contribution in [0.3, 0.4) is 0 Å². The van der Waals surface area contributed by atoms with Crippen molar-refractivity contribution in [2.45, 2.75) is 40.2 Å². The maximum Gasteiger partial charge on any atom is 0.328 e. The molecule has 1 N–H and O–H groups in total. The second-order valence-corrected chi connectivity index (χ2v) is 5.01. The lowest BCUT2D eigenvalue weighted by molar-refractivity contribution is -0.143. The van der Waals surface area contributed by atoms with E-state index in [4.69, 9.17) is 9.15 Å². The van der Waals surface area contributed by atoms with Gasteiger partial charge in [0.1, 0.15) is 17.6 Å². The van der Waals surface area contributed by atoms with Crippen molar-refractivity contribution < 1.29 is 18.7 Å². The predicted molar refractivity (Wildman–Crippen MR) is 70.9 cm³/mol. The van der Waals surface area contributed by atoms with Crippen LogP contribution in [0.15, 0.2) is 10.5 Å². The summed E-state index contributed by atoms with van der Waals surface area (Å²) in [6.45, 7) is 7.46. The molecule has 0 aliphatic heterocycles. The molecule has 1 amide bonds. The summed E-state index contributed by atoms with van der Waals surface area (Å²) in [4.78, 5) is 23.8. The van der Waals surface area contributed by atoms with Crippen molar-refractivity contribution in [2.24, 2.45) is 5.92 Å². The molecule has 0 saturated heterocycles. The fraction of sp³-hybridized carbons (Fsp3) is 0.571. The van der Waals surface area contributed by atoms with Gasteiger partial charge in [0, 0.05) is 0 Å². The lowest BCUT2D eigenvalue weighted by atomic mass is 10.0. The monoisotopic (exact) mass is 267 g/mol. The molecular weight excluding hydrogens is 246 g/mol. The van der Waals surface area contributed by atoms with Gasteiger partial charge < -0.3 is 14.5 Å². The minimum Gasteiger partial charge on any atom is -0.467 e. The summed E-state index contributed by atoms with van der Waals surface area (Å²) in [5.41, 5.74) is 0.454. The Labute approximate surface area is 113 Å². The molecule has 0 bridgehead atoms. The summed E-state index contributed by atoms with van der Waals surface area (Å²) in [5.74, 6) is 0.742. The molecule has 0 unspecified atom stereocenters.